The molecule has 0 amide bonds. The molecule has 0 saturated carbocycles. The van der Waals surface area contributed by atoms with Crippen LogP contribution >= 0.6 is 0 Å². The first-order valence-corrected chi connectivity index (χ1v) is 4.16. The van der Waals surface area contributed by atoms with Crippen LogP contribution in [-0.2, 0) is 6.42 Å². The van der Waals surface area contributed by atoms with Crippen molar-refractivity contribution in [1.29, 1.82) is 0 Å². The third-order valence-corrected chi connectivity index (χ3v) is 2.21. The zero-order valence-corrected chi connectivity index (χ0v) is 7.66. The Morgan fingerprint density at radius 1 is 1.46 bits per heavy atom. The summed E-state index contributed by atoms with van der Waals surface area (Å²) in [6.07, 6.45) is 4.13. The molecule has 0 aliphatic rings. The van der Waals surface area contributed by atoms with E-state index in [0.29, 0.717) is 0 Å². The second kappa shape index (κ2) is 3.05. The number of aryl methyl sites for hydroxylation is 1. The molecule has 2 aromatic heterocycles. The lowest BCUT2D eigenvalue weighted by Gasteiger charge is -1.93. The molecule has 1 N–H and O–H groups in total. The molecule has 2 rings (SSSR count). The molecule has 0 saturated heterocycles. The minimum Gasteiger partial charge on any atom is -0.364 e. The number of aromatic amines is 1. The van der Waals surface area contributed by atoms with Gasteiger partial charge in [0.1, 0.15) is 6.26 Å². The standard InChI is InChI=1S/C9H11N3O/c1-6-7(2)11-12-9(6)3-8-4-10-13-5-8/h4-5H,3H2,1-2H3,(H,11,12). The van der Waals surface area contributed by atoms with Crippen LogP contribution in [0.1, 0.15) is 22.5 Å². The Morgan fingerprint density at radius 2 is 2.31 bits per heavy atom. The molecule has 0 aliphatic carbocycles. The number of rotatable bonds is 2. The number of hydrogen-bond acceptors (Lipinski definition) is 3. The SMILES string of the molecule is Cc1[nH]nc(Cc2cnoc2)c1C. The third kappa shape index (κ3) is 1.47. The summed E-state index contributed by atoms with van der Waals surface area (Å²) in [6.45, 7) is 4.07. The monoisotopic (exact) mass is 177 g/mol. The summed E-state index contributed by atoms with van der Waals surface area (Å²) >= 11 is 0. The normalized spacial score (nSPS) is 10.6. The molecule has 0 atom stereocenters. The lowest BCUT2D eigenvalue weighted by molar-refractivity contribution is 0.419. The zero-order chi connectivity index (χ0) is 9.26. The van der Waals surface area contributed by atoms with Crippen LogP contribution in [0.3, 0.4) is 0 Å². The van der Waals surface area contributed by atoms with Crippen molar-refractivity contribution in [2.45, 2.75) is 20.3 Å². The Balaban J connectivity index is 2.24. The van der Waals surface area contributed by atoms with Crippen LogP contribution in [0.25, 0.3) is 0 Å². The number of nitrogens with zero attached hydrogens (tertiary/aromatic N) is 2. The van der Waals surface area contributed by atoms with E-state index in [0.717, 1.165) is 23.4 Å². The van der Waals surface area contributed by atoms with Gasteiger partial charge in [-0.25, -0.2) is 0 Å². The molecule has 0 aliphatic heterocycles. The Kier molecular flexibility index (Phi) is 1.88. The van der Waals surface area contributed by atoms with Crippen molar-refractivity contribution >= 4 is 0 Å². The van der Waals surface area contributed by atoms with Crippen LogP contribution < -0.4 is 0 Å². The summed E-state index contributed by atoms with van der Waals surface area (Å²) in [5, 5.41) is 10.8. The smallest absolute Gasteiger partial charge is 0.127 e. The topological polar surface area (TPSA) is 54.7 Å². The van der Waals surface area contributed by atoms with E-state index in [-0.39, 0.29) is 0 Å². The van der Waals surface area contributed by atoms with Gasteiger partial charge in [0.25, 0.3) is 0 Å². The van der Waals surface area contributed by atoms with Crippen LogP contribution in [-0.4, -0.2) is 15.4 Å². The number of nitrogens with one attached hydrogen (secondary N) is 1. The maximum absolute atomic E-state index is 4.75. The first-order valence-electron chi connectivity index (χ1n) is 4.16. The quantitative estimate of drug-likeness (QED) is 0.758. The van der Waals surface area contributed by atoms with E-state index in [2.05, 4.69) is 22.3 Å². The van der Waals surface area contributed by atoms with Crippen molar-refractivity contribution in [2.75, 3.05) is 0 Å². The number of H-pyrrole nitrogens is 1. The first-order chi connectivity index (χ1) is 6.27. The molecule has 0 spiro atoms. The van der Waals surface area contributed by atoms with Crippen molar-refractivity contribution in [3.63, 3.8) is 0 Å². The molecular weight excluding hydrogens is 166 g/mol. The van der Waals surface area contributed by atoms with Crippen molar-refractivity contribution in [3.8, 4) is 0 Å². The largest absolute Gasteiger partial charge is 0.364 e. The van der Waals surface area contributed by atoms with Crippen LogP contribution in [0.4, 0.5) is 0 Å². The molecule has 0 fully saturated rings. The Bertz CT molecular complexity index is 389. The van der Waals surface area contributed by atoms with Gasteiger partial charge >= 0.3 is 0 Å². The van der Waals surface area contributed by atoms with Crippen molar-refractivity contribution in [1.82, 2.24) is 15.4 Å². The minimum atomic E-state index is 0.777. The van der Waals surface area contributed by atoms with Gasteiger partial charge in [0, 0.05) is 17.7 Å². The second-order valence-corrected chi connectivity index (χ2v) is 3.13. The predicted molar refractivity (Wildman–Crippen MR) is 47.4 cm³/mol. The highest BCUT2D eigenvalue weighted by Crippen LogP contribution is 2.12. The molecule has 2 heterocycles. The maximum atomic E-state index is 4.75. The fourth-order valence-electron chi connectivity index (χ4n) is 1.21. The highest BCUT2D eigenvalue weighted by molar-refractivity contribution is 5.26. The lowest BCUT2D eigenvalue weighted by atomic mass is 10.1. The van der Waals surface area contributed by atoms with E-state index >= 15 is 0 Å². The van der Waals surface area contributed by atoms with Gasteiger partial charge in [-0.2, -0.15) is 5.10 Å². The molecule has 0 bridgehead atoms. The molecule has 4 heteroatoms. The average molecular weight is 177 g/mol. The molecule has 68 valence electrons. The fourth-order valence-corrected chi connectivity index (χ4v) is 1.21. The molecule has 13 heavy (non-hydrogen) atoms. The molecular formula is C9H11N3O. The number of hydrogen-bond donors (Lipinski definition) is 1. The van der Waals surface area contributed by atoms with Gasteiger partial charge in [-0.15, -0.1) is 0 Å². The molecule has 0 radical (unpaired) electrons. The lowest BCUT2D eigenvalue weighted by Crippen LogP contribution is -1.88. The summed E-state index contributed by atoms with van der Waals surface area (Å²) in [4.78, 5) is 0. The first kappa shape index (κ1) is 8.04. The van der Waals surface area contributed by atoms with E-state index in [9.17, 15) is 0 Å². The highest BCUT2D eigenvalue weighted by Gasteiger charge is 2.06. The van der Waals surface area contributed by atoms with Gasteiger partial charge in [0.05, 0.1) is 11.9 Å². The van der Waals surface area contributed by atoms with E-state index in [1.165, 1.54) is 5.56 Å². The van der Waals surface area contributed by atoms with E-state index < -0.39 is 0 Å². The van der Waals surface area contributed by atoms with Gasteiger partial charge in [0.2, 0.25) is 0 Å². The van der Waals surface area contributed by atoms with Crippen LogP contribution in [0.5, 0.6) is 0 Å². The third-order valence-electron chi connectivity index (χ3n) is 2.21. The molecule has 2 aromatic rings. The van der Waals surface area contributed by atoms with Gasteiger partial charge in [0.15, 0.2) is 0 Å². The van der Waals surface area contributed by atoms with Crippen LogP contribution in [0.2, 0.25) is 0 Å². The Labute approximate surface area is 75.9 Å². The molecule has 0 aromatic carbocycles. The highest BCUT2D eigenvalue weighted by atomic mass is 16.5. The van der Waals surface area contributed by atoms with Crippen molar-refractivity contribution in [2.24, 2.45) is 0 Å². The van der Waals surface area contributed by atoms with Gasteiger partial charge in [-0.1, -0.05) is 5.16 Å². The Morgan fingerprint density at radius 3 is 2.85 bits per heavy atom. The van der Waals surface area contributed by atoms with E-state index in [4.69, 9.17) is 4.52 Å². The van der Waals surface area contributed by atoms with Crippen molar-refractivity contribution < 1.29 is 4.52 Å². The number of aromatic nitrogens is 3. The van der Waals surface area contributed by atoms with Crippen molar-refractivity contribution in [3.05, 3.63) is 35.0 Å². The Hall–Kier alpha value is -1.58. The predicted octanol–water partition coefficient (Wildman–Crippen LogP) is 1.61. The summed E-state index contributed by atoms with van der Waals surface area (Å²) < 4.78 is 4.75. The average Bonchev–Trinajstić information content (AvgIpc) is 2.71. The van der Waals surface area contributed by atoms with Crippen LogP contribution in [0, 0.1) is 13.8 Å². The summed E-state index contributed by atoms with van der Waals surface area (Å²) in [5.74, 6) is 0. The van der Waals surface area contributed by atoms with Gasteiger partial charge < -0.3 is 4.52 Å². The summed E-state index contributed by atoms with van der Waals surface area (Å²) in [6, 6.07) is 0. The van der Waals surface area contributed by atoms with Crippen LogP contribution in [0.15, 0.2) is 17.0 Å². The molecule has 4 nitrogen and oxygen atoms in total. The van der Waals surface area contributed by atoms with Gasteiger partial charge in [-0.05, 0) is 19.4 Å². The van der Waals surface area contributed by atoms with E-state index in [1.54, 1.807) is 12.5 Å². The maximum Gasteiger partial charge on any atom is 0.127 e. The second-order valence-electron chi connectivity index (χ2n) is 3.13. The summed E-state index contributed by atoms with van der Waals surface area (Å²) in [5.41, 5.74) is 4.43. The summed E-state index contributed by atoms with van der Waals surface area (Å²) in [7, 11) is 0. The zero-order valence-electron chi connectivity index (χ0n) is 7.66. The minimum absolute atomic E-state index is 0.777. The molecule has 0 unspecified atom stereocenters. The van der Waals surface area contributed by atoms with Gasteiger partial charge in [-0.3, -0.25) is 5.10 Å². The fraction of sp³-hybridized carbons (Fsp3) is 0.333. The van der Waals surface area contributed by atoms with E-state index in [1.807, 2.05) is 6.92 Å².